The Balaban J connectivity index is 1.93. The number of nitrogens with zero attached hydrogens (tertiary/aromatic N) is 1. The van der Waals surface area contributed by atoms with Crippen molar-refractivity contribution >= 4 is 23.4 Å². The molecule has 0 aliphatic rings. The zero-order chi connectivity index (χ0) is 18.2. The lowest BCUT2D eigenvalue weighted by atomic mass is 10.1. The van der Waals surface area contributed by atoms with Crippen LogP contribution in [0.15, 0.2) is 48.5 Å². The Morgan fingerprint density at radius 1 is 1.04 bits per heavy atom. The lowest BCUT2D eigenvalue weighted by molar-refractivity contribution is 0.0615. The maximum Gasteiger partial charge on any atom is 0.436 e. The van der Waals surface area contributed by atoms with Gasteiger partial charge in [-0.05, 0) is 56.7 Å². The van der Waals surface area contributed by atoms with Gasteiger partial charge >= 0.3 is 6.09 Å². The molecular weight excluding hydrogens is 318 g/mol. The average molecular weight is 341 g/mol. The van der Waals surface area contributed by atoms with Crippen molar-refractivity contribution in [2.75, 3.05) is 23.3 Å². The van der Waals surface area contributed by atoms with Crippen molar-refractivity contribution in [2.45, 2.75) is 20.8 Å². The smallest absolute Gasteiger partial charge is 0.372 e. The summed E-state index contributed by atoms with van der Waals surface area (Å²) in [6.07, 6.45) is -0.747. The van der Waals surface area contributed by atoms with Crippen LogP contribution in [0.1, 0.15) is 29.8 Å². The summed E-state index contributed by atoms with van der Waals surface area (Å²) in [6.45, 7) is 7.92. The minimum Gasteiger partial charge on any atom is -0.372 e. The summed E-state index contributed by atoms with van der Waals surface area (Å²) in [5.74, 6) is -0.482. The summed E-state index contributed by atoms with van der Waals surface area (Å²) >= 11 is 0. The largest absolute Gasteiger partial charge is 0.436 e. The van der Waals surface area contributed by atoms with Gasteiger partial charge in [-0.2, -0.15) is 5.48 Å². The number of anilines is 2. The van der Waals surface area contributed by atoms with E-state index >= 15 is 0 Å². The maximum atomic E-state index is 11.9. The van der Waals surface area contributed by atoms with Crippen molar-refractivity contribution in [2.24, 2.45) is 0 Å². The Morgan fingerprint density at radius 3 is 2.32 bits per heavy atom. The molecule has 0 bridgehead atoms. The van der Waals surface area contributed by atoms with Crippen molar-refractivity contribution in [3.8, 4) is 0 Å². The van der Waals surface area contributed by atoms with Crippen LogP contribution in [0.4, 0.5) is 16.2 Å². The molecule has 0 aromatic heterocycles. The highest BCUT2D eigenvalue weighted by Crippen LogP contribution is 2.22. The summed E-state index contributed by atoms with van der Waals surface area (Å²) in [5, 5.41) is 2.62. The summed E-state index contributed by atoms with van der Waals surface area (Å²) < 4.78 is 0. The van der Waals surface area contributed by atoms with Gasteiger partial charge in [-0.15, -0.1) is 0 Å². The van der Waals surface area contributed by atoms with Crippen molar-refractivity contribution < 1.29 is 14.4 Å². The third kappa shape index (κ3) is 4.97. The third-order valence-corrected chi connectivity index (χ3v) is 3.85. The van der Waals surface area contributed by atoms with Gasteiger partial charge in [-0.3, -0.25) is 10.1 Å². The zero-order valence-corrected chi connectivity index (χ0v) is 14.7. The summed E-state index contributed by atoms with van der Waals surface area (Å²) in [7, 11) is 0. The Kier molecular flexibility index (Phi) is 6.39. The molecule has 6 heteroatoms. The van der Waals surface area contributed by atoms with E-state index in [1.165, 1.54) is 0 Å². The second-order valence-corrected chi connectivity index (χ2v) is 5.48. The minimum atomic E-state index is -0.747. The number of hydrogen-bond acceptors (Lipinski definition) is 4. The highest BCUT2D eigenvalue weighted by Gasteiger charge is 2.11. The molecule has 0 unspecified atom stereocenters. The minimum absolute atomic E-state index is 0.412. The second kappa shape index (κ2) is 8.73. The van der Waals surface area contributed by atoms with Crippen LogP contribution in [0.2, 0.25) is 0 Å². The molecule has 0 aliphatic heterocycles. The SMILES string of the molecule is CCN(CC)c1ccc(NC(=O)ONC(=O)c2ccccc2)c(C)c1. The number of aryl methyl sites for hydroxylation is 1. The number of rotatable bonds is 5. The molecule has 2 aromatic carbocycles. The third-order valence-electron chi connectivity index (χ3n) is 3.85. The Bertz CT molecular complexity index is 728. The van der Waals surface area contributed by atoms with E-state index in [9.17, 15) is 9.59 Å². The van der Waals surface area contributed by atoms with Crippen LogP contribution in [-0.4, -0.2) is 25.1 Å². The number of amides is 2. The van der Waals surface area contributed by atoms with Crippen LogP contribution in [0.3, 0.4) is 0 Å². The number of nitrogens with one attached hydrogen (secondary N) is 2. The fraction of sp³-hybridized carbons (Fsp3) is 0.263. The zero-order valence-electron chi connectivity index (χ0n) is 14.7. The van der Waals surface area contributed by atoms with Gasteiger partial charge in [0.1, 0.15) is 0 Å². The fourth-order valence-electron chi connectivity index (χ4n) is 2.45. The Morgan fingerprint density at radius 2 is 1.72 bits per heavy atom. The van der Waals surface area contributed by atoms with Gasteiger partial charge < -0.3 is 9.74 Å². The van der Waals surface area contributed by atoms with E-state index in [4.69, 9.17) is 4.84 Å². The molecule has 0 heterocycles. The molecule has 0 atom stereocenters. The van der Waals surface area contributed by atoms with Gasteiger partial charge in [0.15, 0.2) is 0 Å². The molecule has 0 radical (unpaired) electrons. The molecule has 0 spiro atoms. The number of carbonyl (C=O) groups excluding carboxylic acids is 2. The molecule has 2 aromatic rings. The molecule has 132 valence electrons. The monoisotopic (exact) mass is 341 g/mol. The number of hydrogen-bond donors (Lipinski definition) is 2. The topological polar surface area (TPSA) is 70.7 Å². The van der Waals surface area contributed by atoms with Crippen LogP contribution in [0.25, 0.3) is 0 Å². The van der Waals surface area contributed by atoms with Gasteiger partial charge in [-0.25, -0.2) is 4.79 Å². The Hall–Kier alpha value is -3.02. The maximum absolute atomic E-state index is 11.9. The van der Waals surface area contributed by atoms with Gasteiger partial charge in [0.2, 0.25) is 0 Å². The fourth-order valence-corrected chi connectivity index (χ4v) is 2.45. The summed E-state index contributed by atoms with van der Waals surface area (Å²) in [5.41, 5.74) is 5.18. The molecule has 0 saturated carbocycles. The van der Waals surface area contributed by atoms with Crippen molar-refractivity contribution in [1.82, 2.24) is 5.48 Å². The first-order chi connectivity index (χ1) is 12.0. The molecule has 2 rings (SSSR count). The molecule has 25 heavy (non-hydrogen) atoms. The number of carbonyl (C=O) groups is 2. The first kappa shape index (κ1) is 18.3. The number of hydroxylamine groups is 1. The molecule has 0 aliphatic carbocycles. The first-order valence-corrected chi connectivity index (χ1v) is 8.24. The van der Waals surface area contributed by atoms with Crippen LogP contribution in [0.5, 0.6) is 0 Å². The number of benzene rings is 2. The van der Waals surface area contributed by atoms with E-state index in [2.05, 4.69) is 29.5 Å². The molecule has 2 amide bonds. The van der Waals surface area contributed by atoms with Crippen LogP contribution >= 0.6 is 0 Å². The van der Waals surface area contributed by atoms with Gasteiger partial charge in [0.25, 0.3) is 5.91 Å². The van der Waals surface area contributed by atoms with Crippen LogP contribution in [0, 0.1) is 6.92 Å². The summed E-state index contributed by atoms with van der Waals surface area (Å²) in [4.78, 5) is 30.7. The van der Waals surface area contributed by atoms with Crippen LogP contribution in [-0.2, 0) is 4.84 Å². The van der Waals surface area contributed by atoms with Gasteiger partial charge in [-0.1, -0.05) is 18.2 Å². The predicted octanol–water partition coefficient (Wildman–Crippen LogP) is 3.73. The molecule has 0 fully saturated rings. The van der Waals surface area contributed by atoms with Crippen molar-refractivity contribution in [3.63, 3.8) is 0 Å². The second-order valence-electron chi connectivity index (χ2n) is 5.48. The van der Waals surface area contributed by atoms with Crippen molar-refractivity contribution in [1.29, 1.82) is 0 Å². The highest BCUT2D eigenvalue weighted by molar-refractivity contribution is 5.95. The van der Waals surface area contributed by atoms with E-state index in [0.717, 1.165) is 24.3 Å². The van der Waals surface area contributed by atoms with Crippen LogP contribution < -0.4 is 15.7 Å². The Labute approximate surface area is 147 Å². The van der Waals surface area contributed by atoms with Gasteiger partial charge in [0.05, 0.1) is 0 Å². The average Bonchev–Trinajstić information content (AvgIpc) is 2.63. The molecule has 2 N–H and O–H groups in total. The lowest BCUT2D eigenvalue weighted by Crippen LogP contribution is -2.29. The standard InChI is InChI=1S/C19H23N3O3/c1-4-22(5-2)16-11-12-17(14(3)13-16)20-19(24)25-21-18(23)15-9-7-6-8-10-15/h6-13H,4-5H2,1-3H3,(H,20,24)(H,21,23). The van der Waals surface area contributed by atoms with Gasteiger partial charge in [0, 0.05) is 30.0 Å². The van der Waals surface area contributed by atoms with E-state index in [-0.39, 0.29) is 0 Å². The van der Waals surface area contributed by atoms with E-state index in [1.807, 2.05) is 25.1 Å². The predicted molar refractivity (Wildman–Crippen MR) is 98.8 cm³/mol. The van der Waals surface area contributed by atoms with E-state index < -0.39 is 12.0 Å². The molecule has 6 nitrogen and oxygen atoms in total. The quantitative estimate of drug-likeness (QED) is 0.813. The molecule has 0 saturated heterocycles. The van der Waals surface area contributed by atoms with E-state index in [1.54, 1.807) is 30.3 Å². The first-order valence-electron chi connectivity index (χ1n) is 8.24. The molecular formula is C19H23N3O3. The summed E-state index contributed by atoms with van der Waals surface area (Å²) in [6, 6.07) is 14.3. The highest BCUT2D eigenvalue weighted by atomic mass is 16.7. The van der Waals surface area contributed by atoms with Crippen molar-refractivity contribution in [3.05, 3.63) is 59.7 Å². The lowest BCUT2D eigenvalue weighted by Gasteiger charge is -2.22. The normalized spacial score (nSPS) is 10.0. The van der Waals surface area contributed by atoms with E-state index in [0.29, 0.717) is 11.3 Å².